The third-order valence-corrected chi connectivity index (χ3v) is 3.51. The number of hydrogen-bond donors (Lipinski definition) is 1. The van der Waals surface area contributed by atoms with E-state index in [1.165, 1.54) is 0 Å². The zero-order valence-electron chi connectivity index (χ0n) is 12.6. The number of benzene rings is 1. The first-order chi connectivity index (χ1) is 9.97. The van der Waals surface area contributed by atoms with Crippen LogP contribution in [0.4, 0.5) is 5.69 Å². The van der Waals surface area contributed by atoms with Crippen molar-refractivity contribution in [2.75, 3.05) is 11.9 Å². The lowest BCUT2D eigenvalue weighted by Crippen LogP contribution is -2.34. The van der Waals surface area contributed by atoms with Crippen LogP contribution in [-0.4, -0.2) is 30.7 Å². The van der Waals surface area contributed by atoms with Gasteiger partial charge in [-0.1, -0.05) is 12.1 Å². The van der Waals surface area contributed by atoms with Crippen LogP contribution in [0.1, 0.15) is 30.9 Å². The molecule has 1 aromatic carbocycles. The number of esters is 1. The van der Waals surface area contributed by atoms with E-state index in [9.17, 15) is 9.59 Å². The zero-order valence-corrected chi connectivity index (χ0v) is 12.6. The van der Waals surface area contributed by atoms with Gasteiger partial charge in [0.1, 0.15) is 0 Å². The summed E-state index contributed by atoms with van der Waals surface area (Å²) < 4.78 is 10.4. The predicted molar refractivity (Wildman–Crippen MR) is 79.1 cm³/mol. The molecule has 1 N–H and O–H groups in total. The summed E-state index contributed by atoms with van der Waals surface area (Å²) in [5.41, 5.74) is 2.76. The number of ether oxygens (including phenoxy) is 2. The molecule has 0 spiro atoms. The molecular formula is C16H21NO4. The molecule has 5 heteroatoms. The maximum Gasteiger partial charge on any atom is 0.336 e. The van der Waals surface area contributed by atoms with E-state index in [0.29, 0.717) is 13.0 Å². The van der Waals surface area contributed by atoms with Gasteiger partial charge in [-0.05, 0) is 50.8 Å². The van der Waals surface area contributed by atoms with Gasteiger partial charge in [0.2, 0.25) is 0 Å². The number of nitrogens with one attached hydrogen (secondary N) is 1. The lowest BCUT2D eigenvalue weighted by molar-refractivity contribution is -0.162. The first kappa shape index (κ1) is 15.5. The van der Waals surface area contributed by atoms with Gasteiger partial charge >= 0.3 is 5.97 Å². The Bertz CT molecular complexity index is 535. The van der Waals surface area contributed by atoms with Crippen molar-refractivity contribution in [3.05, 3.63) is 29.3 Å². The van der Waals surface area contributed by atoms with Crippen LogP contribution in [0, 0.1) is 13.8 Å². The lowest BCUT2D eigenvalue weighted by Gasteiger charge is -2.17. The van der Waals surface area contributed by atoms with Gasteiger partial charge in [-0.25, -0.2) is 4.79 Å². The number of aryl methyl sites for hydroxylation is 2. The highest BCUT2D eigenvalue weighted by molar-refractivity contribution is 5.96. The minimum atomic E-state index is -0.846. The molecule has 1 amide bonds. The fourth-order valence-corrected chi connectivity index (χ4v) is 2.17. The topological polar surface area (TPSA) is 64.6 Å². The van der Waals surface area contributed by atoms with Crippen molar-refractivity contribution in [2.24, 2.45) is 0 Å². The van der Waals surface area contributed by atoms with E-state index in [1.807, 2.05) is 32.0 Å². The molecule has 0 saturated carbocycles. The van der Waals surface area contributed by atoms with Gasteiger partial charge in [-0.15, -0.1) is 0 Å². The third-order valence-electron chi connectivity index (χ3n) is 3.51. The molecule has 1 aromatic rings. The largest absolute Gasteiger partial charge is 0.451 e. The molecule has 1 aliphatic rings. The van der Waals surface area contributed by atoms with Gasteiger partial charge in [0.05, 0.1) is 0 Å². The summed E-state index contributed by atoms with van der Waals surface area (Å²) in [6.45, 7) is 6.00. The van der Waals surface area contributed by atoms with E-state index >= 15 is 0 Å². The Morgan fingerprint density at radius 1 is 1.38 bits per heavy atom. The summed E-state index contributed by atoms with van der Waals surface area (Å²) >= 11 is 0. The van der Waals surface area contributed by atoms with Crippen LogP contribution in [0.15, 0.2) is 18.2 Å². The SMILES string of the molecule is Cc1ccc(C)c(NC(=O)[C@H](C)OC(=O)[C@@H]2CCCO2)c1. The highest BCUT2D eigenvalue weighted by Gasteiger charge is 2.28. The Kier molecular flexibility index (Phi) is 4.96. The summed E-state index contributed by atoms with van der Waals surface area (Å²) in [6.07, 6.45) is 0.134. The molecule has 0 aromatic heterocycles. The average Bonchev–Trinajstić information content (AvgIpc) is 2.97. The molecule has 1 heterocycles. The number of carbonyl (C=O) groups excluding carboxylic acids is 2. The minimum absolute atomic E-state index is 0.338. The van der Waals surface area contributed by atoms with E-state index in [1.54, 1.807) is 6.92 Å². The fraction of sp³-hybridized carbons (Fsp3) is 0.500. The second-order valence-corrected chi connectivity index (χ2v) is 5.39. The zero-order chi connectivity index (χ0) is 15.4. The average molecular weight is 291 g/mol. The van der Waals surface area contributed by atoms with Gasteiger partial charge in [-0.2, -0.15) is 0 Å². The molecule has 1 saturated heterocycles. The molecule has 114 valence electrons. The Labute approximate surface area is 124 Å². The number of rotatable bonds is 4. The van der Waals surface area contributed by atoms with Crippen LogP contribution in [0.5, 0.6) is 0 Å². The van der Waals surface area contributed by atoms with Crippen LogP contribution in [0.25, 0.3) is 0 Å². The first-order valence-electron chi connectivity index (χ1n) is 7.17. The van der Waals surface area contributed by atoms with Crippen molar-refractivity contribution >= 4 is 17.6 Å². The molecule has 1 fully saturated rings. The summed E-state index contributed by atoms with van der Waals surface area (Å²) in [5.74, 6) is -0.800. The number of carbonyl (C=O) groups is 2. The van der Waals surface area contributed by atoms with E-state index < -0.39 is 18.2 Å². The summed E-state index contributed by atoms with van der Waals surface area (Å²) in [6, 6.07) is 5.81. The van der Waals surface area contributed by atoms with Crippen molar-refractivity contribution in [2.45, 2.75) is 45.8 Å². The monoisotopic (exact) mass is 291 g/mol. The standard InChI is InChI=1S/C16H21NO4/c1-10-6-7-11(2)13(9-10)17-15(18)12(3)21-16(19)14-5-4-8-20-14/h6-7,9,12,14H,4-5,8H2,1-3H3,(H,17,18)/t12-,14-/m0/s1. The van der Waals surface area contributed by atoms with Gasteiger partial charge in [-0.3, -0.25) is 4.79 Å². The Hall–Kier alpha value is -1.88. The normalized spacial score (nSPS) is 19.1. The Balaban J connectivity index is 1.93. The molecule has 0 bridgehead atoms. The summed E-state index contributed by atoms with van der Waals surface area (Å²) in [7, 11) is 0. The van der Waals surface area contributed by atoms with E-state index in [2.05, 4.69) is 5.32 Å². The van der Waals surface area contributed by atoms with Gasteiger partial charge < -0.3 is 14.8 Å². The molecule has 2 atom stereocenters. The summed E-state index contributed by atoms with van der Waals surface area (Å²) in [5, 5.41) is 2.79. The molecule has 0 aliphatic carbocycles. The molecule has 0 unspecified atom stereocenters. The van der Waals surface area contributed by atoms with Crippen LogP contribution >= 0.6 is 0 Å². The Morgan fingerprint density at radius 2 is 2.14 bits per heavy atom. The van der Waals surface area contributed by atoms with Gasteiger partial charge in [0, 0.05) is 12.3 Å². The molecular weight excluding hydrogens is 270 g/mol. The van der Waals surface area contributed by atoms with Crippen LogP contribution in [-0.2, 0) is 19.1 Å². The molecule has 21 heavy (non-hydrogen) atoms. The molecule has 5 nitrogen and oxygen atoms in total. The highest BCUT2D eigenvalue weighted by atomic mass is 16.6. The van der Waals surface area contributed by atoms with Gasteiger partial charge in [0.15, 0.2) is 12.2 Å². The van der Waals surface area contributed by atoms with Crippen LogP contribution in [0.2, 0.25) is 0 Å². The predicted octanol–water partition coefficient (Wildman–Crippen LogP) is 2.35. The number of anilines is 1. The van der Waals surface area contributed by atoms with E-state index in [4.69, 9.17) is 9.47 Å². The van der Waals surface area contributed by atoms with E-state index in [-0.39, 0.29) is 5.91 Å². The minimum Gasteiger partial charge on any atom is -0.451 e. The second kappa shape index (κ2) is 6.72. The van der Waals surface area contributed by atoms with Crippen molar-refractivity contribution in [1.29, 1.82) is 0 Å². The molecule has 0 radical (unpaired) electrons. The fourth-order valence-electron chi connectivity index (χ4n) is 2.17. The smallest absolute Gasteiger partial charge is 0.336 e. The highest BCUT2D eigenvalue weighted by Crippen LogP contribution is 2.18. The quantitative estimate of drug-likeness (QED) is 0.865. The van der Waals surface area contributed by atoms with Gasteiger partial charge in [0.25, 0.3) is 5.91 Å². The Morgan fingerprint density at radius 3 is 2.81 bits per heavy atom. The van der Waals surface area contributed by atoms with Crippen molar-refractivity contribution in [1.82, 2.24) is 0 Å². The van der Waals surface area contributed by atoms with Crippen molar-refractivity contribution in [3.63, 3.8) is 0 Å². The lowest BCUT2D eigenvalue weighted by atomic mass is 10.1. The third kappa shape index (κ3) is 4.04. The maximum absolute atomic E-state index is 12.1. The second-order valence-electron chi connectivity index (χ2n) is 5.39. The molecule has 2 rings (SSSR count). The van der Waals surface area contributed by atoms with Crippen LogP contribution in [0.3, 0.4) is 0 Å². The first-order valence-corrected chi connectivity index (χ1v) is 7.17. The summed E-state index contributed by atoms with van der Waals surface area (Å²) in [4.78, 5) is 23.9. The number of hydrogen-bond acceptors (Lipinski definition) is 4. The number of amides is 1. The van der Waals surface area contributed by atoms with Crippen molar-refractivity contribution < 1.29 is 19.1 Å². The molecule has 1 aliphatic heterocycles. The van der Waals surface area contributed by atoms with E-state index in [0.717, 1.165) is 23.2 Å². The maximum atomic E-state index is 12.1. The van der Waals surface area contributed by atoms with Crippen LogP contribution < -0.4 is 5.32 Å². The van der Waals surface area contributed by atoms with Crippen molar-refractivity contribution in [3.8, 4) is 0 Å².